The van der Waals surface area contributed by atoms with Gasteiger partial charge in [0.1, 0.15) is 19.3 Å². The van der Waals surface area contributed by atoms with Gasteiger partial charge in [-0.05, 0) is 43.4 Å². The van der Waals surface area contributed by atoms with Crippen molar-refractivity contribution in [3.05, 3.63) is 0 Å². The minimum Gasteiger partial charge on any atom is -0.462 e. The summed E-state index contributed by atoms with van der Waals surface area (Å²) in [4.78, 5) is 73.2. The summed E-state index contributed by atoms with van der Waals surface area (Å²) in [6.07, 6.45) is 66.7. The van der Waals surface area contributed by atoms with Crippen LogP contribution < -0.4 is 0 Å². The second-order valence-electron chi connectivity index (χ2n) is 31.9. The molecule has 3 N–H and O–H groups in total. The highest BCUT2D eigenvalue weighted by atomic mass is 31.2. The zero-order chi connectivity index (χ0) is 77.2. The molecule has 0 aliphatic heterocycles. The molecular formula is C86H168O17P2. The number of esters is 4. The fourth-order valence-corrected chi connectivity index (χ4v) is 14.9. The van der Waals surface area contributed by atoms with Gasteiger partial charge in [-0.15, -0.1) is 0 Å². The average Bonchev–Trinajstić information content (AvgIpc) is 0.932. The highest BCUT2D eigenvalue weighted by Gasteiger charge is 2.30. The molecule has 0 aliphatic rings. The van der Waals surface area contributed by atoms with Crippen molar-refractivity contribution in [2.24, 2.45) is 17.8 Å². The number of aliphatic hydroxyl groups is 1. The van der Waals surface area contributed by atoms with Gasteiger partial charge >= 0.3 is 39.5 Å². The lowest BCUT2D eigenvalue weighted by molar-refractivity contribution is -0.161. The maximum absolute atomic E-state index is 13.1. The fraction of sp³-hybridized carbons (Fsp3) is 0.953. The molecule has 0 amide bonds. The minimum atomic E-state index is -4.97. The van der Waals surface area contributed by atoms with E-state index >= 15 is 0 Å². The number of hydrogen-bond acceptors (Lipinski definition) is 15. The van der Waals surface area contributed by atoms with Gasteiger partial charge < -0.3 is 33.8 Å². The van der Waals surface area contributed by atoms with Crippen molar-refractivity contribution in [3.63, 3.8) is 0 Å². The third kappa shape index (κ3) is 77.2. The van der Waals surface area contributed by atoms with Crippen molar-refractivity contribution in [1.29, 1.82) is 0 Å². The number of unbranched alkanes of at least 4 members (excludes halogenated alkanes) is 50. The maximum atomic E-state index is 13.1. The van der Waals surface area contributed by atoms with Crippen LogP contribution in [0.2, 0.25) is 0 Å². The number of rotatable bonds is 84. The van der Waals surface area contributed by atoms with Gasteiger partial charge in [0, 0.05) is 25.7 Å². The van der Waals surface area contributed by atoms with E-state index in [4.69, 9.17) is 37.0 Å². The first-order valence-electron chi connectivity index (χ1n) is 44.4. The first-order chi connectivity index (χ1) is 50.8. The monoisotopic (exact) mass is 1540 g/mol. The standard InChI is InChI=1S/C86H168O17P2/c1-8-11-12-13-14-15-16-17-18-19-23-26-29-35-40-45-53-60-67-83(88)96-73-81(102-85(90)69-62-55-46-41-36-30-27-24-21-20-22-25-28-34-39-44-51-58-65-78(6)9-2)75-100-104(92,93)98-71-80(87)72-99-105(94,95)101-76-82(74-97-84(89)68-61-54-49-48-52-59-66-79(7)10-3)103-86(91)70-63-56-47-42-37-32-31-33-38-43-50-57-64-77(4)5/h77-82,87H,8-76H2,1-7H3,(H,92,93)(H,94,95)/t78?,79?,80-,81-,82-/m1/s1. The summed E-state index contributed by atoms with van der Waals surface area (Å²) in [6, 6.07) is 0. The van der Waals surface area contributed by atoms with Crippen LogP contribution in [0.15, 0.2) is 0 Å². The van der Waals surface area contributed by atoms with Crippen LogP contribution in [0.25, 0.3) is 0 Å². The molecule has 0 rings (SSSR count). The van der Waals surface area contributed by atoms with Crippen LogP contribution >= 0.6 is 15.6 Å². The molecule has 0 radical (unpaired) electrons. The number of phosphoric acid groups is 2. The van der Waals surface area contributed by atoms with Gasteiger partial charge in [0.2, 0.25) is 0 Å². The summed E-state index contributed by atoms with van der Waals surface area (Å²) in [6.45, 7) is 12.0. The number of aliphatic hydroxyl groups excluding tert-OH is 1. The second kappa shape index (κ2) is 76.1. The van der Waals surface area contributed by atoms with Crippen molar-refractivity contribution in [1.82, 2.24) is 0 Å². The van der Waals surface area contributed by atoms with E-state index in [2.05, 4.69) is 48.5 Å². The van der Waals surface area contributed by atoms with Crippen LogP contribution in [0.1, 0.15) is 453 Å². The molecule has 0 heterocycles. The lowest BCUT2D eigenvalue weighted by Crippen LogP contribution is -2.30. The molecular weight excluding hydrogens is 1370 g/mol. The first-order valence-corrected chi connectivity index (χ1v) is 47.4. The summed E-state index contributed by atoms with van der Waals surface area (Å²) >= 11 is 0. The second-order valence-corrected chi connectivity index (χ2v) is 34.8. The molecule has 0 saturated heterocycles. The topological polar surface area (TPSA) is 237 Å². The van der Waals surface area contributed by atoms with E-state index in [9.17, 15) is 43.2 Å². The third-order valence-electron chi connectivity index (χ3n) is 20.9. The predicted molar refractivity (Wildman–Crippen MR) is 432 cm³/mol. The molecule has 0 aliphatic carbocycles. The lowest BCUT2D eigenvalue weighted by atomic mass is 9.99. The molecule has 0 fully saturated rings. The molecule has 0 aromatic carbocycles. The molecule has 105 heavy (non-hydrogen) atoms. The third-order valence-corrected chi connectivity index (χ3v) is 22.8. The smallest absolute Gasteiger partial charge is 0.462 e. The molecule has 4 unspecified atom stereocenters. The quantitative estimate of drug-likeness (QED) is 0.0222. The van der Waals surface area contributed by atoms with E-state index in [-0.39, 0.29) is 25.7 Å². The largest absolute Gasteiger partial charge is 0.472 e. The summed E-state index contributed by atoms with van der Waals surface area (Å²) in [5.74, 6) is 0.272. The van der Waals surface area contributed by atoms with Crippen LogP contribution in [-0.2, 0) is 65.4 Å². The van der Waals surface area contributed by atoms with Gasteiger partial charge in [-0.3, -0.25) is 37.3 Å². The highest BCUT2D eigenvalue weighted by Crippen LogP contribution is 2.45. The van der Waals surface area contributed by atoms with Crippen LogP contribution in [-0.4, -0.2) is 96.7 Å². The molecule has 0 saturated carbocycles. The van der Waals surface area contributed by atoms with E-state index in [1.807, 2.05) is 0 Å². The zero-order valence-electron chi connectivity index (χ0n) is 69.2. The highest BCUT2D eigenvalue weighted by molar-refractivity contribution is 7.47. The van der Waals surface area contributed by atoms with Gasteiger partial charge in [-0.1, -0.05) is 402 Å². The Morgan fingerprint density at radius 2 is 0.486 bits per heavy atom. The number of carbonyl (C=O) groups excluding carboxylic acids is 4. The van der Waals surface area contributed by atoms with E-state index in [1.165, 1.54) is 257 Å². The van der Waals surface area contributed by atoms with Crippen molar-refractivity contribution >= 4 is 39.5 Å². The normalized spacial score (nSPS) is 14.4. The predicted octanol–water partition coefficient (Wildman–Crippen LogP) is 26.1. The molecule has 624 valence electrons. The minimum absolute atomic E-state index is 0.106. The van der Waals surface area contributed by atoms with Crippen molar-refractivity contribution in [2.45, 2.75) is 471 Å². The Morgan fingerprint density at radius 1 is 0.276 bits per heavy atom. The van der Waals surface area contributed by atoms with Crippen LogP contribution in [0.3, 0.4) is 0 Å². The Balaban J connectivity index is 5.23. The van der Waals surface area contributed by atoms with Gasteiger partial charge in [0.25, 0.3) is 0 Å². The van der Waals surface area contributed by atoms with Gasteiger partial charge in [0.15, 0.2) is 12.2 Å². The molecule has 0 aromatic heterocycles. The Labute approximate surface area is 645 Å². The molecule has 17 nitrogen and oxygen atoms in total. The Kier molecular flexibility index (Phi) is 74.7. The van der Waals surface area contributed by atoms with E-state index in [0.29, 0.717) is 25.7 Å². The first kappa shape index (κ1) is 103. The van der Waals surface area contributed by atoms with Crippen LogP contribution in [0, 0.1) is 17.8 Å². The van der Waals surface area contributed by atoms with Gasteiger partial charge in [0.05, 0.1) is 26.4 Å². The number of ether oxygens (including phenoxy) is 4. The Hall–Kier alpha value is -1.94. The lowest BCUT2D eigenvalue weighted by Gasteiger charge is -2.21. The average molecular weight is 1540 g/mol. The summed E-state index contributed by atoms with van der Waals surface area (Å²) in [5, 5.41) is 10.7. The maximum Gasteiger partial charge on any atom is 0.472 e. The number of phosphoric ester groups is 2. The van der Waals surface area contributed by atoms with Crippen molar-refractivity contribution in [3.8, 4) is 0 Å². The number of carbonyl (C=O) groups is 4. The Bertz CT molecular complexity index is 2030. The van der Waals surface area contributed by atoms with E-state index < -0.39 is 97.5 Å². The summed E-state index contributed by atoms with van der Waals surface area (Å²) in [5.41, 5.74) is 0. The van der Waals surface area contributed by atoms with Gasteiger partial charge in [-0.2, -0.15) is 0 Å². The molecule has 0 aromatic rings. The van der Waals surface area contributed by atoms with E-state index in [0.717, 1.165) is 114 Å². The SMILES string of the molecule is CCCCCCCCCCCCCCCCCCCCC(=O)OC[C@H](COP(=O)(O)OC[C@@H](O)COP(=O)(O)OC[C@@H](COC(=O)CCCCCCCCC(C)CC)OC(=O)CCCCCCCCCCCCCCC(C)C)OC(=O)CCCCCCCCCCCCCCCCCCCCC(C)CC. The zero-order valence-corrected chi connectivity index (χ0v) is 71.0. The number of hydrogen-bond donors (Lipinski definition) is 3. The molecule has 0 spiro atoms. The molecule has 19 heteroatoms. The van der Waals surface area contributed by atoms with Gasteiger partial charge in [-0.25, -0.2) is 9.13 Å². The fourth-order valence-electron chi connectivity index (χ4n) is 13.3. The van der Waals surface area contributed by atoms with Crippen LogP contribution in [0.5, 0.6) is 0 Å². The van der Waals surface area contributed by atoms with Crippen molar-refractivity contribution < 1.29 is 80.2 Å². The van der Waals surface area contributed by atoms with E-state index in [1.54, 1.807) is 0 Å². The Morgan fingerprint density at radius 3 is 0.724 bits per heavy atom. The van der Waals surface area contributed by atoms with Crippen LogP contribution in [0.4, 0.5) is 0 Å². The molecule has 0 bridgehead atoms. The van der Waals surface area contributed by atoms with Crippen molar-refractivity contribution in [2.75, 3.05) is 39.6 Å². The summed E-state index contributed by atoms with van der Waals surface area (Å²) in [7, 11) is -9.93. The summed E-state index contributed by atoms with van der Waals surface area (Å²) < 4.78 is 68.9. The molecule has 7 atom stereocenters.